The summed E-state index contributed by atoms with van der Waals surface area (Å²) in [6.45, 7) is 3.13. The first kappa shape index (κ1) is 21.6. The van der Waals surface area contributed by atoms with Gasteiger partial charge in [-0.05, 0) is 26.0 Å². The lowest BCUT2D eigenvalue weighted by Gasteiger charge is -2.21. The highest BCUT2D eigenvalue weighted by atomic mass is 31.1. The normalized spacial score (nSPS) is 15.0. The Bertz CT molecular complexity index is 1060. The van der Waals surface area contributed by atoms with Gasteiger partial charge in [-0.2, -0.15) is 0 Å². The minimum absolute atomic E-state index is 0.270. The van der Waals surface area contributed by atoms with Crippen LogP contribution in [0.1, 0.15) is 13.8 Å². The molecule has 158 valence electrons. The number of fused-ring (bicyclic) bond motifs is 1. The number of hydrogen-bond acceptors (Lipinski definition) is 9. The summed E-state index contributed by atoms with van der Waals surface area (Å²) in [4.78, 5) is 36.2. The van der Waals surface area contributed by atoms with Gasteiger partial charge >= 0.3 is 14.1 Å². The maximum absolute atomic E-state index is 12.2. The van der Waals surface area contributed by atoms with Gasteiger partial charge in [-0.25, -0.2) is 19.7 Å². The van der Waals surface area contributed by atoms with Crippen molar-refractivity contribution >= 4 is 31.1 Å². The van der Waals surface area contributed by atoms with E-state index in [1.807, 2.05) is 0 Å². The lowest BCUT2D eigenvalue weighted by molar-refractivity contribution is -0.171. The fraction of sp³-hybridized carbons (Fsp3) is 0.333. The molecule has 12 heteroatoms. The Kier molecular flexibility index (Phi) is 6.56. The predicted molar refractivity (Wildman–Crippen MR) is 108 cm³/mol. The lowest BCUT2D eigenvalue weighted by atomic mass is 10.1. The number of carboxylic acid groups (broad SMARTS) is 1. The zero-order chi connectivity index (χ0) is 21.7. The molecular weight excluding hydrogens is 411 g/mol. The van der Waals surface area contributed by atoms with Gasteiger partial charge in [-0.1, -0.05) is 22.9 Å². The molecule has 1 aromatic carbocycles. The molecule has 2 heterocycles. The van der Waals surface area contributed by atoms with E-state index < -0.39 is 25.8 Å². The molecular formula is C18H21N6O5P. The number of hydrogen-bond donors (Lipinski definition) is 2. The highest BCUT2D eigenvalue weighted by molar-refractivity contribution is 7.34. The molecule has 0 bridgehead atoms. The molecule has 11 nitrogen and oxygen atoms in total. The van der Waals surface area contributed by atoms with E-state index in [0.717, 1.165) is 0 Å². The third kappa shape index (κ3) is 5.07. The SMILES string of the molecule is CC(Cn1cnc2c(N)ncnc21)OCC(C)(N=[P+]([O-])Oc1ccccc1)C(=O)O. The van der Waals surface area contributed by atoms with E-state index in [-0.39, 0.29) is 12.4 Å². The highest BCUT2D eigenvalue weighted by Gasteiger charge is 2.38. The molecule has 3 atom stereocenters. The van der Waals surface area contributed by atoms with Crippen molar-refractivity contribution in [3.8, 4) is 5.75 Å². The van der Waals surface area contributed by atoms with Gasteiger partial charge in [0.2, 0.25) is 5.54 Å². The quantitative estimate of drug-likeness (QED) is 0.478. The van der Waals surface area contributed by atoms with Crippen LogP contribution in [0.3, 0.4) is 0 Å². The van der Waals surface area contributed by atoms with Gasteiger partial charge in [-0.15, -0.1) is 0 Å². The number of para-hydroxylation sites is 1. The van der Waals surface area contributed by atoms with Crippen molar-refractivity contribution in [2.75, 3.05) is 12.3 Å². The molecule has 3 aromatic rings. The maximum atomic E-state index is 12.2. The zero-order valence-corrected chi connectivity index (χ0v) is 17.3. The van der Waals surface area contributed by atoms with Gasteiger partial charge in [0.05, 0.1) is 25.6 Å². The van der Waals surface area contributed by atoms with Crippen LogP contribution in [0.2, 0.25) is 0 Å². The van der Waals surface area contributed by atoms with Gasteiger partial charge in [0.25, 0.3) is 0 Å². The second-order valence-corrected chi connectivity index (χ2v) is 7.63. The van der Waals surface area contributed by atoms with Crippen molar-refractivity contribution in [2.24, 2.45) is 4.74 Å². The number of aromatic nitrogens is 4. The Labute approximate surface area is 173 Å². The summed E-state index contributed by atoms with van der Waals surface area (Å²) in [7, 11) is -2.61. The first-order chi connectivity index (χ1) is 14.3. The molecule has 3 N–H and O–H groups in total. The number of carbonyl (C=O) groups is 1. The van der Waals surface area contributed by atoms with E-state index in [9.17, 15) is 14.8 Å². The second kappa shape index (κ2) is 9.12. The van der Waals surface area contributed by atoms with E-state index in [0.29, 0.717) is 23.5 Å². The van der Waals surface area contributed by atoms with Crippen molar-refractivity contribution in [3.05, 3.63) is 43.0 Å². The predicted octanol–water partition coefficient (Wildman–Crippen LogP) is 1.59. The van der Waals surface area contributed by atoms with Crippen LogP contribution in [0.25, 0.3) is 11.2 Å². The van der Waals surface area contributed by atoms with Crippen LogP contribution in [0.15, 0.2) is 47.7 Å². The minimum atomic E-state index is -2.61. The monoisotopic (exact) mass is 432 g/mol. The number of nitrogen functional groups attached to an aromatic ring is 1. The average Bonchev–Trinajstić information content (AvgIpc) is 3.11. The van der Waals surface area contributed by atoms with Crippen molar-refractivity contribution in [1.29, 1.82) is 0 Å². The smallest absolute Gasteiger partial charge is 0.395 e. The summed E-state index contributed by atoms with van der Waals surface area (Å²) in [6.07, 6.45) is 2.48. The van der Waals surface area contributed by atoms with E-state index in [4.69, 9.17) is 15.0 Å². The number of rotatable bonds is 9. The van der Waals surface area contributed by atoms with E-state index >= 15 is 0 Å². The van der Waals surface area contributed by atoms with E-state index in [1.54, 1.807) is 48.1 Å². The number of nitrogens with two attached hydrogens (primary N) is 1. The number of nitrogens with zero attached hydrogens (tertiary/aromatic N) is 5. The molecule has 0 radical (unpaired) electrons. The van der Waals surface area contributed by atoms with Crippen LogP contribution in [-0.4, -0.2) is 48.8 Å². The number of benzene rings is 1. The van der Waals surface area contributed by atoms with Crippen molar-refractivity contribution in [1.82, 2.24) is 19.5 Å². The fourth-order valence-electron chi connectivity index (χ4n) is 2.57. The Balaban J connectivity index is 1.66. The highest BCUT2D eigenvalue weighted by Crippen LogP contribution is 2.28. The molecule has 2 aromatic heterocycles. The third-order valence-electron chi connectivity index (χ3n) is 4.22. The largest absolute Gasteiger partial charge is 0.575 e. The fourth-order valence-corrected chi connectivity index (χ4v) is 3.42. The summed E-state index contributed by atoms with van der Waals surface area (Å²) in [5.74, 6) is -0.673. The van der Waals surface area contributed by atoms with Crippen LogP contribution >= 0.6 is 8.17 Å². The van der Waals surface area contributed by atoms with Crippen molar-refractivity contribution in [2.45, 2.75) is 32.0 Å². The molecule has 3 rings (SSSR count). The van der Waals surface area contributed by atoms with Crippen molar-refractivity contribution < 1.29 is 24.1 Å². The number of carboxylic acids is 1. The Morgan fingerprint density at radius 3 is 2.80 bits per heavy atom. The van der Waals surface area contributed by atoms with E-state index in [1.165, 1.54) is 13.3 Å². The number of ether oxygens (including phenoxy) is 1. The molecule has 0 saturated carbocycles. The molecule has 0 fully saturated rings. The molecule has 0 amide bonds. The summed E-state index contributed by atoms with van der Waals surface area (Å²) in [5.41, 5.74) is 5.05. The van der Waals surface area contributed by atoms with Crippen LogP contribution in [0.4, 0.5) is 5.82 Å². The Morgan fingerprint density at radius 1 is 1.37 bits per heavy atom. The second-order valence-electron chi connectivity index (χ2n) is 6.77. The Hall–Kier alpha value is -3.14. The summed E-state index contributed by atoms with van der Waals surface area (Å²) in [5, 5.41) is 9.59. The topological polar surface area (TPSA) is 161 Å². The molecule has 0 saturated heterocycles. The molecule has 0 aliphatic rings. The first-order valence-electron chi connectivity index (χ1n) is 8.98. The molecule has 0 spiro atoms. The third-order valence-corrected chi connectivity index (χ3v) is 5.19. The van der Waals surface area contributed by atoms with Crippen LogP contribution in [0, 0.1) is 0 Å². The first-order valence-corrected chi connectivity index (χ1v) is 10.1. The molecule has 30 heavy (non-hydrogen) atoms. The molecule has 3 unspecified atom stereocenters. The lowest BCUT2D eigenvalue weighted by Crippen LogP contribution is -2.39. The van der Waals surface area contributed by atoms with Crippen LogP contribution < -0.4 is 15.2 Å². The number of imidazole rings is 1. The summed E-state index contributed by atoms with van der Waals surface area (Å²) < 4.78 is 16.5. The molecule has 0 aliphatic carbocycles. The maximum Gasteiger partial charge on any atom is 0.395 e. The number of anilines is 1. The number of aliphatic carboxylic acids is 1. The average molecular weight is 432 g/mol. The van der Waals surface area contributed by atoms with Crippen molar-refractivity contribution in [3.63, 3.8) is 0 Å². The standard InChI is InChI=1S/C18H21N6O5P/c1-12(8-24-11-22-14-15(19)20-10-21-16(14)24)28-9-18(2,17(25)26)23-30(27)29-13-6-4-3-5-7-13/h3-7,10-12H,8-9H2,1-2H3,(H,25,26)(H2,19,20,21). The van der Waals surface area contributed by atoms with Gasteiger partial charge < -0.3 is 25.0 Å². The van der Waals surface area contributed by atoms with Gasteiger partial charge in [0.15, 0.2) is 17.2 Å². The zero-order valence-electron chi connectivity index (χ0n) is 16.4. The molecule has 0 aliphatic heterocycles. The van der Waals surface area contributed by atoms with Gasteiger partial charge in [0, 0.05) is 0 Å². The Morgan fingerprint density at radius 2 is 2.10 bits per heavy atom. The summed E-state index contributed by atoms with van der Waals surface area (Å²) in [6, 6.07) is 8.39. The summed E-state index contributed by atoms with van der Waals surface area (Å²) >= 11 is 0. The minimum Gasteiger partial charge on any atom is -0.575 e. The van der Waals surface area contributed by atoms with Crippen LogP contribution in [0.5, 0.6) is 5.75 Å². The van der Waals surface area contributed by atoms with Gasteiger partial charge in [-0.3, -0.25) is 4.52 Å². The van der Waals surface area contributed by atoms with Gasteiger partial charge in [0.1, 0.15) is 11.8 Å². The van der Waals surface area contributed by atoms with E-state index in [2.05, 4.69) is 19.7 Å². The van der Waals surface area contributed by atoms with Crippen LogP contribution in [-0.2, 0) is 16.1 Å².